The minimum atomic E-state index is -0.655. The molecule has 1 aliphatic carbocycles. The Morgan fingerprint density at radius 1 is 1.24 bits per heavy atom. The Balaban J connectivity index is 1.60. The molecule has 154 valence electrons. The Morgan fingerprint density at radius 3 is 2.66 bits per heavy atom. The van der Waals surface area contributed by atoms with E-state index in [4.69, 9.17) is 9.26 Å². The van der Waals surface area contributed by atoms with Crippen LogP contribution in [0.2, 0.25) is 0 Å². The highest BCUT2D eigenvalue weighted by molar-refractivity contribution is 6.00. The molecule has 29 heavy (non-hydrogen) atoms. The predicted octanol–water partition coefficient (Wildman–Crippen LogP) is 1.98. The number of aliphatic hydroxyl groups excluding tert-OH is 1. The second-order valence-electron chi connectivity index (χ2n) is 7.70. The fourth-order valence-electron chi connectivity index (χ4n) is 3.91. The number of aliphatic hydroxyl groups is 1. The van der Waals surface area contributed by atoms with Crippen molar-refractivity contribution in [1.82, 2.24) is 10.5 Å². The van der Waals surface area contributed by atoms with Gasteiger partial charge in [0, 0.05) is 30.6 Å². The molecule has 1 aromatic carbocycles. The summed E-state index contributed by atoms with van der Waals surface area (Å²) < 4.78 is 10.5. The van der Waals surface area contributed by atoms with E-state index >= 15 is 0 Å². The van der Waals surface area contributed by atoms with Crippen molar-refractivity contribution in [2.45, 2.75) is 37.8 Å². The molecule has 2 atom stereocenters. The molecular weight excluding hydrogens is 374 g/mol. The van der Waals surface area contributed by atoms with Gasteiger partial charge in [0.15, 0.2) is 17.1 Å². The molecule has 1 amide bonds. The van der Waals surface area contributed by atoms with Crippen LogP contribution in [0.4, 0.5) is 5.82 Å². The number of aromatic nitrogens is 1. The number of β-amino-alcohol motifs (C(OH)–C–C–N with tert-alkyl or cyclic N) is 1. The van der Waals surface area contributed by atoms with Crippen molar-refractivity contribution in [3.05, 3.63) is 35.9 Å². The minimum Gasteiger partial charge on any atom is -0.465 e. The highest BCUT2D eigenvalue weighted by atomic mass is 16.5. The van der Waals surface area contributed by atoms with Gasteiger partial charge in [-0.2, -0.15) is 0 Å². The van der Waals surface area contributed by atoms with Gasteiger partial charge in [0.1, 0.15) is 0 Å². The number of nitrogens with zero attached hydrogens (tertiary/aromatic N) is 2. The predicted molar refractivity (Wildman–Crippen MR) is 105 cm³/mol. The van der Waals surface area contributed by atoms with Crippen molar-refractivity contribution in [1.29, 1.82) is 0 Å². The average molecular weight is 399 g/mol. The highest BCUT2D eigenvalue weighted by Gasteiger charge is 2.35. The zero-order valence-corrected chi connectivity index (χ0v) is 16.3. The number of anilines is 1. The molecule has 1 saturated carbocycles. The summed E-state index contributed by atoms with van der Waals surface area (Å²) in [4.78, 5) is 26.6. The first-order valence-corrected chi connectivity index (χ1v) is 9.93. The first-order chi connectivity index (χ1) is 14.1. The normalized spacial score (nSPS) is 22.1. The van der Waals surface area contributed by atoms with Crippen LogP contribution in [0.3, 0.4) is 0 Å². The maximum Gasteiger partial charge on any atom is 0.345 e. The molecule has 1 aromatic heterocycles. The number of esters is 1. The zero-order chi connectivity index (χ0) is 20.4. The number of carbonyl (C=O) groups is 2. The van der Waals surface area contributed by atoms with Gasteiger partial charge in [0.25, 0.3) is 0 Å². The number of rotatable bonds is 5. The summed E-state index contributed by atoms with van der Waals surface area (Å²) in [5.74, 6) is 0.189. The number of carbonyl (C=O) groups excluding carboxylic acids is 2. The smallest absolute Gasteiger partial charge is 0.345 e. The lowest BCUT2D eigenvalue weighted by molar-refractivity contribution is -0.128. The molecule has 0 bridgehead atoms. The number of amides is 1. The van der Waals surface area contributed by atoms with Crippen LogP contribution in [0, 0.1) is 5.92 Å². The Bertz CT molecular complexity index is 878. The summed E-state index contributed by atoms with van der Waals surface area (Å²) in [6, 6.07) is 8.97. The molecule has 0 unspecified atom stereocenters. The molecule has 1 saturated heterocycles. The van der Waals surface area contributed by atoms with E-state index in [2.05, 4.69) is 10.5 Å². The van der Waals surface area contributed by atoms with Crippen LogP contribution in [0.15, 0.2) is 34.9 Å². The van der Waals surface area contributed by atoms with Gasteiger partial charge in [-0.25, -0.2) is 4.79 Å². The van der Waals surface area contributed by atoms with Gasteiger partial charge in [0.2, 0.25) is 5.91 Å². The van der Waals surface area contributed by atoms with Crippen LogP contribution >= 0.6 is 0 Å². The second-order valence-corrected chi connectivity index (χ2v) is 7.70. The summed E-state index contributed by atoms with van der Waals surface area (Å²) in [6.45, 7) is 0.723. The van der Waals surface area contributed by atoms with E-state index in [0.29, 0.717) is 36.7 Å². The third kappa shape index (κ3) is 3.98. The Labute approximate surface area is 168 Å². The molecule has 8 heteroatoms. The van der Waals surface area contributed by atoms with Gasteiger partial charge in [-0.15, -0.1) is 0 Å². The van der Waals surface area contributed by atoms with Gasteiger partial charge < -0.3 is 24.6 Å². The third-order valence-electron chi connectivity index (χ3n) is 5.65. The summed E-state index contributed by atoms with van der Waals surface area (Å²) >= 11 is 0. The molecule has 1 aliphatic heterocycles. The molecular formula is C21H25N3O5. The second kappa shape index (κ2) is 8.24. The monoisotopic (exact) mass is 399 g/mol. The van der Waals surface area contributed by atoms with E-state index in [9.17, 15) is 14.7 Å². The topological polar surface area (TPSA) is 105 Å². The number of hydrogen-bond donors (Lipinski definition) is 2. The van der Waals surface area contributed by atoms with Crippen molar-refractivity contribution in [2.75, 3.05) is 25.1 Å². The molecule has 0 radical (unpaired) electrons. The minimum absolute atomic E-state index is 0.0358. The molecule has 2 heterocycles. The Kier molecular flexibility index (Phi) is 5.53. The van der Waals surface area contributed by atoms with E-state index in [0.717, 1.165) is 19.3 Å². The Hall–Kier alpha value is -2.87. The number of benzene rings is 1. The fraction of sp³-hybridized carbons (Fsp3) is 0.476. The molecule has 2 fully saturated rings. The SMILES string of the molecule is COC(=O)c1c(N2C[C@H](O)C[C@H](NC(=O)C3CCC3)C2)noc1-c1ccccc1. The van der Waals surface area contributed by atoms with Crippen molar-refractivity contribution in [2.24, 2.45) is 5.92 Å². The Morgan fingerprint density at radius 2 is 2.00 bits per heavy atom. The van der Waals surface area contributed by atoms with Crippen molar-refractivity contribution < 1.29 is 24.0 Å². The van der Waals surface area contributed by atoms with Crippen molar-refractivity contribution in [3.8, 4) is 11.3 Å². The fourth-order valence-corrected chi connectivity index (χ4v) is 3.91. The van der Waals surface area contributed by atoms with Crippen LogP contribution in [0.1, 0.15) is 36.0 Å². The van der Waals surface area contributed by atoms with Crippen LogP contribution in [0.25, 0.3) is 11.3 Å². The van der Waals surface area contributed by atoms with Gasteiger partial charge >= 0.3 is 5.97 Å². The summed E-state index contributed by atoms with van der Waals surface area (Å²) in [7, 11) is 1.31. The molecule has 8 nitrogen and oxygen atoms in total. The van der Waals surface area contributed by atoms with E-state index < -0.39 is 12.1 Å². The molecule has 2 aromatic rings. The number of nitrogens with one attached hydrogen (secondary N) is 1. The van der Waals surface area contributed by atoms with Crippen LogP contribution < -0.4 is 10.2 Å². The summed E-state index contributed by atoms with van der Waals surface area (Å²) in [5.41, 5.74) is 0.927. The van der Waals surface area contributed by atoms with Crippen LogP contribution in [-0.2, 0) is 9.53 Å². The van der Waals surface area contributed by atoms with Gasteiger partial charge in [0.05, 0.1) is 13.2 Å². The quantitative estimate of drug-likeness (QED) is 0.741. The van der Waals surface area contributed by atoms with Gasteiger partial charge in [-0.1, -0.05) is 41.9 Å². The standard InChI is InChI=1S/C21H25N3O5/c1-28-21(27)17-18(13-6-3-2-4-7-13)29-23-19(17)24-11-15(10-16(25)12-24)22-20(26)14-8-5-9-14/h2-4,6-7,14-16,25H,5,8-12H2,1H3,(H,22,26)/t15-,16+/m0/s1. The van der Waals surface area contributed by atoms with Crippen molar-refractivity contribution in [3.63, 3.8) is 0 Å². The lowest BCUT2D eigenvalue weighted by Gasteiger charge is -2.37. The van der Waals surface area contributed by atoms with Crippen molar-refractivity contribution >= 4 is 17.7 Å². The molecule has 4 rings (SSSR count). The van der Waals surface area contributed by atoms with Crippen LogP contribution in [-0.4, -0.2) is 54.5 Å². The maximum atomic E-state index is 12.5. The number of hydrogen-bond acceptors (Lipinski definition) is 7. The number of methoxy groups -OCH3 is 1. The number of ether oxygens (including phenoxy) is 1. The first kappa shape index (κ1) is 19.4. The van der Waals surface area contributed by atoms with E-state index in [-0.39, 0.29) is 23.4 Å². The molecule has 2 N–H and O–H groups in total. The first-order valence-electron chi connectivity index (χ1n) is 9.93. The maximum absolute atomic E-state index is 12.5. The molecule has 0 spiro atoms. The summed E-state index contributed by atoms with van der Waals surface area (Å²) in [5, 5.41) is 17.5. The van der Waals surface area contributed by atoms with Crippen LogP contribution in [0.5, 0.6) is 0 Å². The van der Waals surface area contributed by atoms with Gasteiger partial charge in [-0.3, -0.25) is 4.79 Å². The van der Waals surface area contributed by atoms with Gasteiger partial charge in [-0.05, 0) is 19.3 Å². The largest absolute Gasteiger partial charge is 0.465 e. The summed E-state index contributed by atoms with van der Waals surface area (Å²) in [6.07, 6.45) is 2.73. The van der Waals surface area contributed by atoms with E-state index in [1.807, 2.05) is 30.3 Å². The highest BCUT2D eigenvalue weighted by Crippen LogP contribution is 2.33. The zero-order valence-electron chi connectivity index (χ0n) is 16.3. The number of piperidine rings is 1. The van der Waals surface area contributed by atoms with E-state index in [1.165, 1.54) is 7.11 Å². The molecule has 2 aliphatic rings. The lowest BCUT2D eigenvalue weighted by atomic mass is 9.84. The lowest BCUT2D eigenvalue weighted by Crippen LogP contribution is -2.54. The third-order valence-corrected chi connectivity index (χ3v) is 5.65. The van der Waals surface area contributed by atoms with E-state index in [1.54, 1.807) is 4.90 Å². The average Bonchev–Trinajstić information content (AvgIpc) is 3.11.